The van der Waals surface area contributed by atoms with Crippen LogP contribution in [0, 0.1) is 11.8 Å². The molecule has 0 heterocycles. The predicted molar refractivity (Wildman–Crippen MR) is 109 cm³/mol. The van der Waals surface area contributed by atoms with Gasteiger partial charge >= 0.3 is 0 Å². The molecule has 152 valence electrons. The Balaban J connectivity index is 0.00000134. The first-order chi connectivity index (χ1) is 12.3. The molecule has 0 radical (unpaired) electrons. The molecule has 2 saturated carbocycles. The normalized spacial score (nSPS) is 29.0. The van der Waals surface area contributed by atoms with Crippen LogP contribution in [0.25, 0.3) is 0 Å². The lowest BCUT2D eigenvalue weighted by molar-refractivity contribution is 0.0690. The van der Waals surface area contributed by atoms with Gasteiger partial charge in [0, 0.05) is 13.1 Å². The zero-order valence-electron chi connectivity index (χ0n) is 17.4. The lowest BCUT2D eigenvalue weighted by Crippen LogP contribution is -2.36. The summed E-state index contributed by atoms with van der Waals surface area (Å²) >= 11 is 0. The van der Waals surface area contributed by atoms with E-state index in [0.717, 1.165) is 45.4 Å². The minimum atomic E-state index is -0.0860. The van der Waals surface area contributed by atoms with Crippen LogP contribution in [0.3, 0.4) is 0 Å². The highest BCUT2D eigenvalue weighted by molar-refractivity contribution is 4.77. The Morgan fingerprint density at radius 1 is 0.640 bits per heavy atom. The Morgan fingerprint density at radius 3 is 1.36 bits per heavy atom. The summed E-state index contributed by atoms with van der Waals surface area (Å²) in [6.07, 6.45) is 10.2. The van der Waals surface area contributed by atoms with Crippen LogP contribution in [0.5, 0.6) is 0 Å². The third-order valence-corrected chi connectivity index (χ3v) is 5.26. The van der Waals surface area contributed by atoms with E-state index in [0.29, 0.717) is 11.8 Å². The van der Waals surface area contributed by atoms with Gasteiger partial charge in [-0.15, -0.1) is 0 Å². The first kappa shape index (κ1) is 24.8. The van der Waals surface area contributed by atoms with Crippen molar-refractivity contribution in [1.29, 1.82) is 0 Å². The summed E-state index contributed by atoms with van der Waals surface area (Å²) in [4.78, 5) is 0. The maximum absolute atomic E-state index is 9.90. The molecule has 0 aromatic carbocycles. The van der Waals surface area contributed by atoms with Crippen LogP contribution in [0.4, 0.5) is 0 Å². The van der Waals surface area contributed by atoms with Crippen molar-refractivity contribution >= 4 is 0 Å². The molecule has 4 nitrogen and oxygen atoms in total. The maximum Gasteiger partial charge on any atom is 0.0580 e. The number of hydrogen-bond acceptors (Lipinski definition) is 4. The Kier molecular flexibility index (Phi) is 17.2. The summed E-state index contributed by atoms with van der Waals surface area (Å²) in [6.45, 7) is 12.0. The van der Waals surface area contributed by atoms with E-state index in [2.05, 4.69) is 10.6 Å². The number of rotatable bonds is 8. The first-order valence-electron chi connectivity index (χ1n) is 11.0. The maximum atomic E-state index is 9.90. The van der Waals surface area contributed by atoms with E-state index in [1.165, 1.54) is 38.5 Å². The number of aliphatic hydroxyl groups is 2. The smallest absolute Gasteiger partial charge is 0.0580 e. The lowest BCUT2D eigenvalue weighted by atomic mass is 9.86. The monoisotopic (exact) mass is 358 g/mol. The zero-order chi connectivity index (χ0) is 18.9. The Labute approximate surface area is 157 Å². The average Bonchev–Trinajstić information content (AvgIpc) is 2.67. The predicted octanol–water partition coefficient (Wildman–Crippen LogP) is 3.71. The molecule has 0 aliphatic heterocycles. The largest absolute Gasteiger partial charge is 0.393 e. The van der Waals surface area contributed by atoms with Gasteiger partial charge in [-0.2, -0.15) is 0 Å². The van der Waals surface area contributed by atoms with Crippen LogP contribution in [0.1, 0.15) is 85.5 Å². The van der Waals surface area contributed by atoms with Gasteiger partial charge in [-0.3, -0.25) is 0 Å². The zero-order valence-corrected chi connectivity index (χ0v) is 17.4. The fourth-order valence-corrected chi connectivity index (χ4v) is 3.77. The highest BCUT2D eigenvalue weighted by atomic mass is 16.3. The standard InChI is InChI=1S/C17H34N2O2.2C2H6/c20-16-8-3-1-6-14(16)12-18-10-5-11-19-13-15-7-2-4-9-17(15)21;2*1-2/h14-21H,1-13H2;2*1-2H3. The van der Waals surface area contributed by atoms with Crippen LogP contribution >= 0.6 is 0 Å². The molecule has 0 bridgehead atoms. The molecular weight excluding hydrogens is 312 g/mol. The van der Waals surface area contributed by atoms with Gasteiger partial charge in [-0.1, -0.05) is 53.4 Å². The SMILES string of the molecule is CC.CC.OC1CCCCC1CNCCCNCC1CCCCC1O. The summed E-state index contributed by atoms with van der Waals surface area (Å²) < 4.78 is 0. The second kappa shape index (κ2) is 17.3. The Morgan fingerprint density at radius 2 is 1.00 bits per heavy atom. The van der Waals surface area contributed by atoms with Crippen molar-refractivity contribution in [3.63, 3.8) is 0 Å². The topological polar surface area (TPSA) is 64.5 Å². The fraction of sp³-hybridized carbons (Fsp3) is 1.00. The first-order valence-corrected chi connectivity index (χ1v) is 11.0. The molecule has 2 fully saturated rings. The molecule has 4 atom stereocenters. The van der Waals surface area contributed by atoms with Crippen molar-refractivity contribution in [2.24, 2.45) is 11.8 Å². The van der Waals surface area contributed by atoms with Gasteiger partial charge in [0.15, 0.2) is 0 Å². The van der Waals surface area contributed by atoms with Crippen molar-refractivity contribution in [2.45, 2.75) is 97.7 Å². The molecule has 2 rings (SSSR count). The highest BCUT2D eigenvalue weighted by Crippen LogP contribution is 2.24. The van der Waals surface area contributed by atoms with Crippen LogP contribution < -0.4 is 10.6 Å². The third-order valence-electron chi connectivity index (χ3n) is 5.26. The summed E-state index contributed by atoms with van der Waals surface area (Å²) in [7, 11) is 0. The van der Waals surface area contributed by atoms with E-state index in [1.807, 2.05) is 27.7 Å². The minimum absolute atomic E-state index is 0.0860. The number of aliphatic hydroxyl groups excluding tert-OH is 2. The molecule has 4 unspecified atom stereocenters. The Hall–Kier alpha value is -0.160. The second-order valence-electron chi connectivity index (χ2n) is 6.99. The van der Waals surface area contributed by atoms with Gasteiger partial charge in [0.2, 0.25) is 0 Å². The quantitative estimate of drug-likeness (QED) is 0.500. The van der Waals surface area contributed by atoms with Gasteiger partial charge in [0.1, 0.15) is 0 Å². The molecule has 0 aromatic heterocycles. The molecule has 0 saturated heterocycles. The molecule has 0 aromatic rings. The van der Waals surface area contributed by atoms with E-state index in [9.17, 15) is 10.2 Å². The molecular formula is C21H46N2O2. The second-order valence-corrected chi connectivity index (χ2v) is 6.99. The molecule has 0 amide bonds. The fourth-order valence-electron chi connectivity index (χ4n) is 3.77. The van der Waals surface area contributed by atoms with Crippen molar-refractivity contribution in [2.75, 3.05) is 26.2 Å². The van der Waals surface area contributed by atoms with Gasteiger partial charge in [0.05, 0.1) is 12.2 Å². The molecule has 2 aliphatic rings. The van der Waals surface area contributed by atoms with E-state index in [1.54, 1.807) is 0 Å². The number of hydrogen-bond donors (Lipinski definition) is 4. The van der Waals surface area contributed by atoms with E-state index < -0.39 is 0 Å². The molecule has 25 heavy (non-hydrogen) atoms. The highest BCUT2D eigenvalue weighted by Gasteiger charge is 2.23. The molecule has 2 aliphatic carbocycles. The van der Waals surface area contributed by atoms with Gasteiger partial charge in [-0.05, 0) is 57.0 Å². The summed E-state index contributed by atoms with van der Waals surface area (Å²) in [5.74, 6) is 0.924. The van der Waals surface area contributed by atoms with E-state index in [-0.39, 0.29) is 12.2 Å². The van der Waals surface area contributed by atoms with Crippen LogP contribution in [0.2, 0.25) is 0 Å². The van der Waals surface area contributed by atoms with Crippen molar-refractivity contribution < 1.29 is 10.2 Å². The third kappa shape index (κ3) is 11.2. The van der Waals surface area contributed by atoms with E-state index in [4.69, 9.17) is 0 Å². The minimum Gasteiger partial charge on any atom is -0.393 e. The number of nitrogens with one attached hydrogen (secondary N) is 2. The summed E-state index contributed by atoms with van der Waals surface area (Å²) in [5, 5.41) is 26.8. The van der Waals surface area contributed by atoms with E-state index >= 15 is 0 Å². The van der Waals surface area contributed by atoms with Crippen LogP contribution in [-0.2, 0) is 0 Å². The molecule has 4 N–H and O–H groups in total. The van der Waals surface area contributed by atoms with Gasteiger partial charge < -0.3 is 20.8 Å². The molecule has 0 spiro atoms. The summed E-state index contributed by atoms with van der Waals surface area (Å²) in [5.41, 5.74) is 0. The average molecular weight is 359 g/mol. The lowest BCUT2D eigenvalue weighted by Gasteiger charge is -2.28. The summed E-state index contributed by atoms with van der Waals surface area (Å²) in [6, 6.07) is 0. The van der Waals surface area contributed by atoms with Crippen molar-refractivity contribution in [3.8, 4) is 0 Å². The van der Waals surface area contributed by atoms with Crippen LogP contribution in [0.15, 0.2) is 0 Å². The Bertz CT molecular complexity index is 251. The molecule has 4 heteroatoms. The van der Waals surface area contributed by atoms with Crippen molar-refractivity contribution in [1.82, 2.24) is 10.6 Å². The van der Waals surface area contributed by atoms with Gasteiger partial charge in [0.25, 0.3) is 0 Å². The van der Waals surface area contributed by atoms with Gasteiger partial charge in [-0.25, -0.2) is 0 Å². The van der Waals surface area contributed by atoms with Crippen LogP contribution in [-0.4, -0.2) is 48.6 Å². The van der Waals surface area contributed by atoms with Crippen molar-refractivity contribution in [3.05, 3.63) is 0 Å².